The zero-order chi connectivity index (χ0) is 10.3. The maximum Gasteiger partial charge on any atom is 1.00 e. The van der Waals surface area contributed by atoms with E-state index in [4.69, 9.17) is 39.6 Å². The van der Waals surface area contributed by atoms with Crippen LogP contribution in [0.3, 0.4) is 0 Å². The average molecular weight is 192 g/mol. The average Bonchev–Trinajstić information content (AvgIpc) is 1.88. The Hall–Kier alpha value is -0.925. The molecule has 0 atom stereocenters. The fourth-order valence-electron chi connectivity index (χ4n) is 0. The quantitative estimate of drug-likeness (QED) is 0.283. The Labute approximate surface area is 101 Å². The molecule has 10 heteroatoms. The van der Waals surface area contributed by atoms with Crippen molar-refractivity contribution in [1.82, 2.24) is 0 Å². The van der Waals surface area contributed by atoms with Gasteiger partial charge < -0.3 is 30.0 Å². The van der Waals surface area contributed by atoms with Crippen LogP contribution in [0.1, 0.15) is 0 Å². The summed E-state index contributed by atoms with van der Waals surface area (Å²) in [6.07, 6.45) is 0. The summed E-state index contributed by atoms with van der Waals surface area (Å²) >= 11 is 0. The molecule has 0 fully saturated rings. The molecule has 0 saturated carbocycles. The number of carboxylic acids is 4. The van der Waals surface area contributed by atoms with Crippen molar-refractivity contribution < 1.29 is 77.3 Å². The molecule has 0 bridgehead atoms. The molecule has 2 N–H and O–H groups in total. The minimum atomic E-state index is -2.19. The molecule has 14 heavy (non-hydrogen) atoms. The Kier molecular flexibility index (Phi) is 20.0. The summed E-state index contributed by atoms with van der Waals surface area (Å²) < 4.78 is 0. The minimum absolute atomic E-state index is 0. The van der Waals surface area contributed by atoms with Gasteiger partial charge in [0.1, 0.15) is 0 Å². The molecule has 0 spiro atoms. The van der Waals surface area contributed by atoms with Crippen LogP contribution in [-0.2, 0) is 19.2 Å². The third kappa shape index (κ3) is 22.5. The van der Waals surface area contributed by atoms with Crippen LogP contribution in [0, 0.1) is 0 Å². The predicted molar refractivity (Wildman–Crippen MR) is 25.3 cm³/mol. The summed E-state index contributed by atoms with van der Waals surface area (Å²) in [5.41, 5.74) is 0. The fourth-order valence-corrected chi connectivity index (χ4v) is 0. The van der Waals surface area contributed by atoms with Crippen LogP contribution >= 0.6 is 0 Å². The first-order valence-corrected chi connectivity index (χ1v) is 2.17. The fraction of sp³-hybridized carbons (Fsp3) is 0. The molecule has 0 aromatic rings. The monoisotopic (exact) mass is 192 g/mol. The van der Waals surface area contributed by atoms with Crippen molar-refractivity contribution in [2.45, 2.75) is 0 Å². The van der Waals surface area contributed by atoms with Gasteiger partial charge in [0.2, 0.25) is 0 Å². The first-order valence-electron chi connectivity index (χ1n) is 2.17. The van der Waals surface area contributed by atoms with E-state index in [1.54, 1.807) is 0 Å². The van der Waals surface area contributed by atoms with Crippen molar-refractivity contribution in [2.75, 3.05) is 0 Å². The number of carbonyl (C=O) groups excluding carboxylic acids is 2. The van der Waals surface area contributed by atoms with Gasteiger partial charge >= 0.3 is 49.7 Å². The molecule has 0 aliphatic carbocycles. The van der Waals surface area contributed by atoms with E-state index in [9.17, 15) is 0 Å². The molecular formula is C4H2Li2O8. The van der Waals surface area contributed by atoms with Crippen molar-refractivity contribution in [2.24, 2.45) is 0 Å². The van der Waals surface area contributed by atoms with Gasteiger partial charge in [0.15, 0.2) is 0 Å². The summed E-state index contributed by atoms with van der Waals surface area (Å²) in [5.74, 6) is -8.02. The summed E-state index contributed by atoms with van der Waals surface area (Å²) in [5, 5.41) is 32.6. The summed E-state index contributed by atoms with van der Waals surface area (Å²) in [4.78, 5) is 36.1. The van der Waals surface area contributed by atoms with Gasteiger partial charge in [-0.2, -0.15) is 0 Å². The van der Waals surface area contributed by atoms with Gasteiger partial charge in [-0.15, -0.1) is 0 Å². The van der Waals surface area contributed by atoms with Gasteiger partial charge in [-0.05, 0) is 0 Å². The van der Waals surface area contributed by atoms with Gasteiger partial charge in [0.05, 0.1) is 11.9 Å². The molecule has 0 aliphatic rings. The van der Waals surface area contributed by atoms with Gasteiger partial charge in [-0.3, -0.25) is 0 Å². The van der Waals surface area contributed by atoms with Gasteiger partial charge in [-0.25, -0.2) is 9.59 Å². The maximum atomic E-state index is 9.10. The Morgan fingerprint density at radius 2 is 0.857 bits per heavy atom. The predicted octanol–water partition coefficient (Wildman–Crippen LogP) is -10.4. The smallest absolute Gasteiger partial charge is 0.543 e. The SMILES string of the molecule is O=C(O)C(=O)O.O=C([O-])C(=O)[O-].[Li+].[Li+]. The first-order chi connectivity index (χ1) is 5.29. The van der Waals surface area contributed by atoms with Crippen molar-refractivity contribution in [3.05, 3.63) is 0 Å². The van der Waals surface area contributed by atoms with Crippen LogP contribution in [0.5, 0.6) is 0 Å². The molecule has 0 aromatic heterocycles. The molecule has 0 rings (SSSR count). The molecule has 68 valence electrons. The van der Waals surface area contributed by atoms with Crippen LogP contribution in [0.2, 0.25) is 0 Å². The first kappa shape index (κ1) is 23.1. The van der Waals surface area contributed by atoms with E-state index in [0.717, 1.165) is 0 Å². The number of rotatable bonds is 0. The van der Waals surface area contributed by atoms with Crippen molar-refractivity contribution in [1.29, 1.82) is 0 Å². The van der Waals surface area contributed by atoms with Crippen LogP contribution in [0.4, 0.5) is 0 Å². The normalized spacial score (nSPS) is 6.29. The van der Waals surface area contributed by atoms with Crippen LogP contribution in [0.25, 0.3) is 0 Å². The molecule has 0 amide bonds. The number of aliphatic carboxylic acids is 4. The molecule has 0 radical (unpaired) electrons. The molecule has 0 heterocycles. The molecule has 0 saturated heterocycles. The van der Waals surface area contributed by atoms with E-state index < -0.39 is 23.9 Å². The Morgan fingerprint density at radius 1 is 0.714 bits per heavy atom. The molecule has 0 aromatic carbocycles. The zero-order valence-corrected chi connectivity index (χ0v) is 7.34. The number of carboxylic acid groups (broad SMARTS) is 4. The Morgan fingerprint density at radius 3 is 0.857 bits per heavy atom. The van der Waals surface area contributed by atoms with Crippen LogP contribution < -0.4 is 47.9 Å². The topological polar surface area (TPSA) is 155 Å². The summed E-state index contributed by atoms with van der Waals surface area (Å²) in [6.45, 7) is 0. The second-order valence-electron chi connectivity index (χ2n) is 1.19. The van der Waals surface area contributed by atoms with E-state index in [0.29, 0.717) is 0 Å². The minimum Gasteiger partial charge on any atom is -0.543 e. The van der Waals surface area contributed by atoms with E-state index in [1.165, 1.54) is 0 Å². The van der Waals surface area contributed by atoms with Crippen molar-refractivity contribution >= 4 is 23.9 Å². The largest absolute Gasteiger partial charge is 1.00 e. The standard InChI is InChI=1S/2C2H2O4.2Li/c2*3-1(4)2(5)6;;/h2*(H,3,4)(H,5,6);;/q;;2*+1/p-2. The van der Waals surface area contributed by atoms with Crippen molar-refractivity contribution in [3.63, 3.8) is 0 Å². The Bertz CT molecular complexity index is 175. The molecule has 8 nitrogen and oxygen atoms in total. The summed E-state index contributed by atoms with van der Waals surface area (Å²) in [6, 6.07) is 0. The molecule has 0 unspecified atom stereocenters. The Balaban J connectivity index is -0.0000000625. The second kappa shape index (κ2) is 12.1. The van der Waals surface area contributed by atoms with E-state index >= 15 is 0 Å². The number of hydrogen-bond donors (Lipinski definition) is 2. The third-order valence-electron chi connectivity index (χ3n) is 0.350. The zero-order valence-electron chi connectivity index (χ0n) is 7.34. The van der Waals surface area contributed by atoms with E-state index in [2.05, 4.69) is 0 Å². The van der Waals surface area contributed by atoms with Crippen LogP contribution in [-0.4, -0.2) is 34.1 Å². The van der Waals surface area contributed by atoms with E-state index in [-0.39, 0.29) is 37.7 Å². The third-order valence-corrected chi connectivity index (χ3v) is 0.350. The maximum absolute atomic E-state index is 9.10. The molecule has 0 aliphatic heterocycles. The number of carbonyl (C=O) groups is 4. The summed E-state index contributed by atoms with van der Waals surface area (Å²) in [7, 11) is 0. The van der Waals surface area contributed by atoms with Crippen molar-refractivity contribution in [3.8, 4) is 0 Å². The number of hydrogen-bond acceptors (Lipinski definition) is 6. The van der Waals surface area contributed by atoms with Crippen LogP contribution in [0.15, 0.2) is 0 Å². The van der Waals surface area contributed by atoms with E-state index in [1.807, 2.05) is 0 Å². The van der Waals surface area contributed by atoms with Gasteiger partial charge in [0.25, 0.3) is 0 Å². The second-order valence-corrected chi connectivity index (χ2v) is 1.19. The molecular weight excluding hydrogens is 190 g/mol. The van der Waals surface area contributed by atoms with Gasteiger partial charge in [0, 0.05) is 0 Å². The van der Waals surface area contributed by atoms with Gasteiger partial charge in [-0.1, -0.05) is 0 Å².